The highest BCUT2D eigenvalue weighted by atomic mass is 16.6. The quantitative estimate of drug-likeness (QED) is 0.203. The molecule has 0 aliphatic rings. The molecule has 1 aromatic heterocycles. The van der Waals surface area contributed by atoms with Crippen LogP contribution in [0, 0.1) is 21.4 Å². The zero-order valence-electron chi connectivity index (χ0n) is 18.8. The first-order valence-electron chi connectivity index (χ1n) is 10.3. The molecular weight excluding hydrogens is 450 g/mol. The highest BCUT2D eigenvalue weighted by molar-refractivity contribution is 5.91. The second kappa shape index (κ2) is 9.80. The summed E-state index contributed by atoms with van der Waals surface area (Å²) in [5, 5.41) is 31.2. The van der Waals surface area contributed by atoms with Gasteiger partial charge in [-0.1, -0.05) is 12.1 Å². The lowest BCUT2D eigenvalue weighted by Crippen LogP contribution is -1.90. The number of aliphatic imine (C=N–C) groups is 1. The molecule has 0 fully saturated rings. The molecule has 174 valence electrons. The molecule has 0 radical (unpaired) electrons. The summed E-state index contributed by atoms with van der Waals surface area (Å²) >= 11 is 0. The Morgan fingerprint density at radius 3 is 2.43 bits per heavy atom. The number of ether oxygens (including phenoxy) is 2. The zero-order valence-corrected chi connectivity index (χ0v) is 18.8. The number of nitro groups is 1. The molecule has 0 spiro atoms. The molecule has 4 aromatic rings. The van der Waals surface area contributed by atoms with Gasteiger partial charge in [0.05, 0.1) is 19.1 Å². The van der Waals surface area contributed by atoms with Crippen molar-refractivity contribution in [2.45, 2.75) is 0 Å². The molecule has 1 N–H and O–H groups in total. The molecule has 4 rings (SSSR count). The third kappa shape index (κ3) is 4.67. The number of phenolic OH excluding ortho intramolecular Hbond substituents is 1. The second-order valence-corrected chi connectivity index (χ2v) is 7.32. The van der Waals surface area contributed by atoms with E-state index in [4.69, 9.17) is 13.9 Å². The van der Waals surface area contributed by atoms with Crippen molar-refractivity contribution in [3.05, 3.63) is 88.0 Å². The Balaban J connectivity index is 1.89. The minimum absolute atomic E-state index is 0.0120. The van der Waals surface area contributed by atoms with Crippen molar-refractivity contribution in [3.63, 3.8) is 0 Å². The maximum absolute atomic E-state index is 11.1. The van der Waals surface area contributed by atoms with Gasteiger partial charge in [0, 0.05) is 35.0 Å². The summed E-state index contributed by atoms with van der Waals surface area (Å²) in [5.41, 5.74) is 1.92. The van der Waals surface area contributed by atoms with Crippen LogP contribution in [-0.4, -0.2) is 30.5 Å². The van der Waals surface area contributed by atoms with Crippen molar-refractivity contribution in [2.75, 3.05) is 14.2 Å². The van der Waals surface area contributed by atoms with Crippen LogP contribution in [-0.2, 0) is 0 Å². The lowest BCUT2D eigenvalue weighted by Gasteiger charge is -2.07. The van der Waals surface area contributed by atoms with Gasteiger partial charge >= 0.3 is 0 Å². The molecule has 35 heavy (non-hydrogen) atoms. The lowest BCUT2D eigenvalue weighted by atomic mass is 9.98. The van der Waals surface area contributed by atoms with Gasteiger partial charge in [-0.25, -0.2) is 4.99 Å². The Kier molecular flexibility index (Phi) is 6.46. The number of phenols is 1. The maximum Gasteiger partial charge on any atom is 0.270 e. The number of nitro benzene ring substituents is 1. The summed E-state index contributed by atoms with van der Waals surface area (Å²) in [6.07, 6.45) is 1.22. The number of rotatable bonds is 7. The third-order valence-electron chi connectivity index (χ3n) is 5.25. The van der Waals surface area contributed by atoms with Gasteiger partial charge in [0.1, 0.15) is 34.6 Å². The fraction of sp³-hybridized carbons (Fsp3) is 0.0769. The molecule has 1 heterocycles. The van der Waals surface area contributed by atoms with E-state index in [2.05, 4.69) is 11.1 Å². The Morgan fingerprint density at radius 2 is 1.77 bits per heavy atom. The number of aromatic hydroxyl groups is 1. The maximum atomic E-state index is 11.1. The molecule has 3 aromatic carbocycles. The highest BCUT2D eigenvalue weighted by Gasteiger charge is 2.23. The summed E-state index contributed by atoms with van der Waals surface area (Å²) in [4.78, 5) is 14.8. The fourth-order valence-corrected chi connectivity index (χ4v) is 3.50. The molecular formula is C26H19N3O6. The zero-order chi connectivity index (χ0) is 24.9. The van der Waals surface area contributed by atoms with Crippen LogP contribution < -0.4 is 9.47 Å². The van der Waals surface area contributed by atoms with Gasteiger partial charge in [0.2, 0.25) is 5.88 Å². The smallest absolute Gasteiger partial charge is 0.270 e. The average molecular weight is 469 g/mol. The molecule has 0 saturated carbocycles. The third-order valence-corrected chi connectivity index (χ3v) is 5.25. The molecule has 0 amide bonds. The summed E-state index contributed by atoms with van der Waals surface area (Å²) in [6.45, 7) is 0. The van der Waals surface area contributed by atoms with E-state index in [9.17, 15) is 20.5 Å². The Morgan fingerprint density at radius 1 is 1.03 bits per heavy atom. The van der Waals surface area contributed by atoms with E-state index in [0.717, 1.165) is 0 Å². The molecule has 9 nitrogen and oxygen atoms in total. The Bertz CT molecular complexity index is 1470. The largest absolute Gasteiger partial charge is 0.507 e. The van der Waals surface area contributed by atoms with Crippen LogP contribution in [0.3, 0.4) is 0 Å². The normalized spacial score (nSPS) is 10.8. The van der Waals surface area contributed by atoms with Crippen molar-refractivity contribution in [1.82, 2.24) is 0 Å². The van der Waals surface area contributed by atoms with Crippen molar-refractivity contribution < 1.29 is 23.9 Å². The number of furan rings is 1. The summed E-state index contributed by atoms with van der Waals surface area (Å²) in [5.74, 6) is 1.44. The van der Waals surface area contributed by atoms with E-state index in [0.29, 0.717) is 33.9 Å². The topological polar surface area (TPSA) is 131 Å². The van der Waals surface area contributed by atoms with Crippen molar-refractivity contribution in [3.8, 4) is 45.8 Å². The van der Waals surface area contributed by atoms with Crippen LogP contribution in [0.5, 0.6) is 17.2 Å². The number of hydrogen-bond donors (Lipinski definition) is 1. The number of benzene rings is 3. The second-order valence-electron chi connectivity index (χ2n) is 7.32. The van der Waals surface area contributed by atoms with E-state index < -0.39 is 4.92 Å². The molecule has 0 aliphatic carbocycles. The van der Waals surface area contributed by atoms with Gasteiger partial charge in [0.25, 0.3) is 5.69 Å². The Labute approximate surface area is 200 Å². The van der Waals surface area contributed by atoms with E-state index in [-0.39, 0.29) is 28.4 Å². The van der Waals surface area contributed by atoms with E-state index >= 15 is 0 Å². The van der Waals surface area contributed by atoms with E-state index in [1.54, 1.807) is 56.7 Å². The molecule has 0 aliphatic heterocycles. The van der Waals surface area contributed by atoms with Gasteiger partial charge in [-0.15, -0.1) is 0 Å². The number of nitrogens with zero attached hydrogens (tertiary/aromatic N) is 3. The van der Waals surface area contributed by atoms with Gasteiger partial charge in [0.15, 0.2) is 0 Å². The molecule has 0 unspecified atom stereocenters. The monoisotopic (exact) mass is 469 g/mol. The summed E-state index contributed by atoms with van der Waals surface area (Å²) < 4.78 is 16.6. The number of non-ortho nitro benzene ring substituents is 1. The first-order chi connectivity index (χ1) is 16.9. The van der Waals surface area contributed by atoms with Crippen molar-refractivity contribution in [2.24, 2.45) is 4.99 Å². The number of nitriles is 1. The van der Waals surface area contributed by atoms with Crippen LogP contribution in [0.15, 0.2) is 76.1 Å². The van der Waals surface area contributed by atoms with Gasteiger partial charge < -0.3 is 19.0 Å². The number of hydrogen-bond acceptors (Lipinski definition) is 8. The molecule has 0 saturated heterocycles. The van der Waals surface area contributed by atoms with Crippen LogP contribution in [0.25, 0.3) is 22.5 Å². The van der Waals surface area contributed by atoms with Crippen LogP contribution in [0.2, 0.25) is 0 Å². The van der Waals surface area contributed by atoms with Crippen LogP contribution in [0.1, 0.15) is 11.1 Å². The minimum Gasteiger partial charge on any atom is -0.507 e. The highest BCUT2D eigenvalue weighted by Crippen LogP contribution is 2.43. The molecule has 0 bridgehead atoms. The SMILES string of the molecule is COc1ccc(-c2oc(N=Cc3cc([N+](=O)[O-])ccc3O)c(C#N)c2-c2cccc(OC)c2)cc1. The first kappa shape index (κ1) is 23.1. The van der Waals surface area contributed by atoms with Gasteiger partial charge in [-0.3, -0.25) is 10.1 Å². The molecule has 9 heteroatoms. The lowest BCUT2D eigenvalue weighted by molar-refractivity contribution is -0.384. The van der Waals surface area contributed by atoms with Gasteiger partial charge in [-0.05, 0) is 48.0 Å². The van der Waals surface area contributed by atoms with Crippen LogP contribution in [0.4, 0.5) is 11.6 Å². The fourth-order valence-electron chi connectivity index (χ4n) is 3.50. The predicted molar refractivity (Wildman–Crippen MR) is 129 cm³/mol. The van der Waals surface area contributed by atoms with Crippen LogP contribution >= 0.6 is 0 Å². The van der Waals surface area contributed by atoms with E-state index in [1.165, 1.54) is 24.4 Å². The Hall–Kier alpha value is -5.10. The first-order valence-corrected chi connectivity index (χ1v) is 10.3. The summed E-state index contributed by atoms with van der Waals surface area (Å²) in [7, 11) is 3.11. The van der Waals surface area contributed by atoms with Gasteiger partial charge in [-0.2, -0.15) is 5.26 Å². The molecule has 0 atom stereocenters. The standard InChI is InChI=1S/C26H19N3O6/c1-33-20-9-6-16(7-10-20)25-24(17-4-3-5-21(13-17)34-2)22(14-27)26(35-25)28-15-18-12-19(29(31)32)8-11-23(18)30/h3-13,15,30H,1-2H3. The van der Waals surface area contributed by atoms with E-state index in [1.807, 2.05) is 6.07 Å². The predicted octanol–water partition coefficient (Wildman–Crippen LogP) is 5.87. The average Bonchev–Trinajstić information content (AvgIpc) is 3.26. The minimum atomic E-state index is -0.576. The summed E-state index contributed by atoms with van der Waals surface area (Å²) in [6, 6.07) is 20.0. The number of methoxy groups -OCH3 is 2. The van der Waals surface area contributed by atoms with Crippen molar-refractivity contribution >= 4 is 17.8 Å². The van der Waals surface area contributed by atoms with Crippen molar-refractivity contribution in [1.29, 1.82) is 5.26 Å².